The zero-order chi connectivity index (χ0) is 9.52. The molecule has 0 saturated heterocycles. The molecule has 1 rings (SSSR count). The zero-order valence-electron chi connectivity index (χ0n) is 7.16. The molecule has 0 fully saturated rings. The van der Waals surface area contributed by atoms with Crippen molar-refractivity contribution in [3.8, 4) is 6.07 Å². The molecule has 0 heterocycles. The van der Waals surface area contributed by atoms with Gasteiger partial charge in [-0.3, -0.25) is 4.79 Å². The number of nitrogens with zero attached hydrogens (tertiary/aromatic N) is 1. The van der Waals surface area contributed by atoms with Crippen LogP contribution in [0.1, 0.15) is 12.8 Å². The molecular formula is C10H10N2O. The molecule has 1 N–H and O–H groups in total. The highest BCUT2D eigenvalue weighted by molar-refractivity contribution is 5.90. The molecular weight excluding hydrogens is 164 g/mol. The van der Waals surface area contributed by atoms with Crippen LogP contribution in [0, 0.1) is 11.3 Å². The van der Waals surface area contributed by atoms with Crippen molar-refractivity contribution in [1.82, 2.24) is 0 Å². The predicted molar refractivity (Wildman–Crippen MR) is 49.9 cm³/mol. The zero-order valence-corrected chi connectivity index (χ0v) is 7.16. The van der Waals surface area contributed by atoms with Crippen LogP contribution >= 0.6 is 0 Å². The first-order chi connectivity index (χ1) is 6.33. The van der Waals surface area contributed by atoms with E-state index in [0.29, 0.717) is 0 Å². The minimum Gasteiger partial charge on any atom is -0.326 e. The number of carbonyl (C=O) groups is 1. The Hall–Kier alpha value is -1.82. The lowest BCUT2D eigenvalue weighted by atomic mass is 10.3. The first-order valence-electron chi connectivity index (χ1n) is 4.05. The van der Waals surface area contributed by atoms with Crippen LogP contribution in [0.15, 0.2) is 30.3 Å². The third-order valence-electron chi connectivity index (χ3n) is 1.52. The summed E-state index contributed by atoms with van der Waals surface area (Å²) in [6.07, 6.45) is 0.518. The van der Waals surface area contributed by atoms with E-state index in [1.807, 2.05) is 36.4 Å². The maximum Gasteiger partial charge on any atom is 0.225 e. The molecule has 0 saturated carbocycles. The molecule has 13 heavy (non-hydrogen) atoms. The van der Waals surface area contributed by atoms with Crippen molar-refractivity contribution in [1.29, 1.82) is 5.26 Å². The van der Waals surface area contributed by atoms with Gasteiger partial charge in [0.25, 0.3) is 0 Å². The maximum absolute atomic E-state index is 11.1. The largest absolute Gasteiger partial charge is 0.326 e. The van der Waals surface area contributed by atoms with Crippen LogP contribution < -0.4 is 5.32 Å². The van der Waals surface area contributed by atoms with E-state index in [4.69, 9.17) is 5.26 Å². The first kappa shape index (κ1) is 9.27. The van der Waals surface area contributed by atoms with Gasteiger partial charge in [-0.05, 0) is 12.1 Å². The molecule has 1 aromatic carbocycles. The number of rotatable bonds is 3. The minimum atomic E-state index is -0.118. The van der Waals surface area contributed by atoms with Gasteiger partial charge in [-0.25, -0.2) is 0 Å². The van der Waals surface area contributed by atoms with E-state index in [0.717, 1.165) is 5.69 Å². The fourth-order valence-corrected chi connectivity index (χ4v) is 0.914. The fraction of sp³-hybridized carbons (Fsp3) is 0.200. The van der Waals surface area contributed by atoms with Gasteiger partial charge in [0, 0.05) is 18.5 Å². The van der Waals surface area contributed by atoms with Crippen molar-refractivity contribution in [3.63, 3.8) is 0 Å². The topological polar surface area (TPSA) is 52.9 Å². The third kappa shape index (κ3) is 3.39. The summed E-state index contributed by atoms with van der Waals surface area (Å²) >= 11 is 0. The predicted octanol–water partition coefficient (Wildman–Crippen LogP) is 1.93. The molecule has 3 nitrogen and oxygen atoms in total. The highest BCUT2D eigenvalue weighted by Crippen LogP contribution is 2.05. The second-order valence-corrected chi connectivity index (χ2v) is 2.57. The SMILES string of the molecule is N#CCCC(=O)Nc1ccccc1. The number of para-hydroxylation sites is 1. The molecule has 0 aliphatic carbocycles. The van der Waals surface area contributed by atoms with E-state index in [1.54, 1.807) is 0 Å². The Morgan fingerprint density at radius 1 is 1.38 bits per heavy atom. The Morgan fingerprint density at radius 2 is 2.08 bits per heavy atom. The van der Waals surface area contributed by atoms with Crippen LogP contribution in [0.3, 0.4) is 0 Å². The maximum atomic E-state index is 11.1. The summed E-state index contributed by atoms with van der Waals surface area (Å²) in [4.78, 5) is 11.1. The number of benzene rings is 1. The summed E-state index contributed by atoms with van der Waals surface area (Å²) in [5, 5.41) is 10.9. The Bertz CT molecular complexity index is 313. The van der Waals surface area contributed by atoms with Gasteiger partial charge in [-0.15, -0.1) is 0 Å². The second-order valence-electron chi connectivity index (χ2n) is 2.57. The van der Waals surface area contributed by atoms with Gasteiger partial charge in [0.15, 0.2) is 0 Å². The minimum absolute atomic E-state index is 0.118. The van der Waals surface area contributed by atoms with Crippen LogP contribution in [0.5, 0.6) is 0 Å². The number of nitrogens with one attached hydrogen (secondary N) is 1. The normalized spacial score (nSPS) is 8.85. The molecule has 0 bridgehead atoms. The average Bonchev–Trinajstić information content (AvgIpc) is 2.16. The molecule has 66 valence electrons. The first-order valence-corrected chi connectivity index (χ1v) is 4.05. The van der Waals surface area contributed by atoms with E-state index in [9.17, 15) is 4.79 Å². The number of carbonyl (C=O) groups excluding carboxylic acids is 1. The number of amides is 1. The molecule has 0 spiro atoms. The van der Waals surface area contributed by atoms with E-state index in [1.165, 1.54) is 0 Å². The molecule has 0 aliphatic heterocycles. The Balaban J connectivity index is 2.42. The van der Waals surface area contributed by atoms with Gasteiger partial charge in [-0.2, -0.15) is 5.26 Å². The molecule has 0 aromatic heterocycles. The van der Waals surface area contributed by atoms with Crippen LogP contribution in [0.25, 0.3) is 0 Å². The second kappa shape index (κ2) is 4.94. The lowest BCUT2D eigenvalue weighted by Gasteiger charge is -2.01. The standard InChI is InChI=1S/C10H10N2O/c11-8-4-7-10(13)12-9-5-2-1-3-6-9/h1-3,5-6H,4,7H2,(H,12,13). The monoisotopic (exact) mass is 174 g/mol. The fourth-order valence-electron chi connectivity index (χ4n) is 0.914. The van der Waals surface area contributed by atoms with E-state index in [-0.39, 0.29) is 18.7 Å². The average molecular weight is 174 g/mol. The quantitative estimate of drug-likeness (QED) is 0.761. The summed E-state index contributed by atoms with van der Waals surface area (Å²) in [6, 6.07) is 11.1. The molecule has 1 amide bonds. The number of hydrogen-bond donors (Lipinski definition) is 1. The van der Waals surface area contributed by atoms with Crippen molar-refractivity contribution in [2.45, 2.75) is 12.8 Å². The van der Waals surface area contributed by atoms with E-state index in [2.05, 4.69) is 5.32 Å². The summed E-state index contributed by atoms with van der Waals surface area (Å²) in [5.41, 5.74) is 0.769. The molecule has 0 unspecified atom stereocenters. The molecule has 0 atom stereocenters. The van der Waals surface area contributed by atoms with Gasteiger partial charge in [0.1, 0.15) is 0 Å². The van der Waals surface area contributed by atoms with Crippen molar-refractivity contribution in [2.75, 3.05) is 5.32 Å². The van der Waals surface area contributed by atoms with Crippen molar-refractivity contribution in [3.05, 3.63) is 30.3 Å². The van der Waals surface area contributed by atoms with Crippen LogP contribution in [-0.2, 0) is 4.79 Å². The Morgan fingerprint density at radius 3 is 2.69 bits per heavy atom. The number of hydrogen-bond acceptors (Lipinski definition) is 2. The number of anilines is 1. The van der Waals surface area contributed by atoms with Crippen LogP contribution in [0.2, 0.25) is 0 Å². The van der Waals surface area contributed by atoms with Crippen molar-refractivity contribution >= 4 is 11.6 Å². The molecule has 3 heteroatoms. The van der Waals surface area contributed by atoms with Gasteiger partial charge in [-0.1, -0.05) is 18.2 Å². The van der Waals surface area contributed by atoms with Gasteiger partial charge >= 0.3 is 0 Å². The van der Waals surface area contributed by atoms with Gasteiger partial charge < -0.3 is 5.32 Å². The van der Waals surface area contributed by atoms with Crippen molar-refractivity contribution < 1.29 is 4.79 Å². The highest BCUT2D eigenvalue weighted by Gasteiger charge is 1.99. The highest BCUT2D eigenvalue weighted by atomic mass is 16.1. The summed E-state index contributed by atoms with van der Waals surface area (Å²) < 4.78 is 0. The Labute approximate surface area is 77.0 Å². The summed E-state index contributed by atoms with van der Waals surface area (Å²) in [6.45, 7) is 0. The van der Waals surface area contributed by atoms with E-state index < -0.39 is 0 Å². The molecule has 1 aromatic rings. The van der Waals surface area contributed by atoms with Crippen LogP contribution in [-0.4, -0.2) is 5.91 Å². The molecule has 0 radical (unpaired) electrons. The van der Waals surface area contributed by atoms with Crippen LogP contribution in [0.4, 0.5) is 5.69 Å². The van der Waals surface area contributed by atoms with Crippen molar-refractivity contribution in [2.24, 2.45) is 0 Å². The third-order valence-corrected chi connectivity index (χ3v) is 1.52. The Kier molecular flexibility index (Phi) is 3.52. The van der Waals surface area contributed by atoms with E-state index >= 15 is 0 Å². The lowest BCUT2D eigenvalue weighted by molar-refractivity contribution is -0.116. The number of nitriles is 1. The molecule has 0 aliphatic rings. The smallest absolute Gasteiger partial charge is 0.225 e. The lowest BCUT2D eigenvalue weighted by Crippen LogP contribution is -2.10. The summed E-state index contributed by atoms with van der Waals surface area (Å²) in [7, 11) is 0. The summed E-state index contributed by atoms with van der Waals surface area (Å²) in [5.74, 6) is -0.118. The van der Waals surface area contributed by atoms with Gasteiger partial charge in [0.05, 0.1) is 6.07 Å². The van der Waals surface area contributed by atoms with Gasteiger partial charge in [0.2, 0.25) is 5.91 Å².